The van der Waals surface area contributed by atoms with E-state index < -0.39 is 0 Å². The highest BCUT2D eigenvalue weighted by molar-refractivity contribution is 5.60. The lowest BCUT2D eigenvalue weighted by Crippen LogP contribution is -2.82. The zero-order valence-electron chi connectivity index (χ0n) is 12.0. The van der Waals surface area contributed by atoms with Crippen LogP contribution >= 0.6 is 0 Å². The Morgan fingerprint density at radius 2 is 2.00 bits per heavy atom. The van der Waals surface area contributed by atoms with Crippen molar-refractivity contribution >= 4 is 0 Å². The van der Waals surface area contributed by atoms with Crippen LogP contribution in [0.4, 0.5) is 0 Å². The lowest BCUT2D eigenvalue weighted by Gasteiger charge is -2.07. The van der Waals surface area contributed by atoms with Crippen molar-refractivity contribution in [3.63, 3.8) is 0 Å². The fourth-order valence-electron chi connectivity index (χ4n) is 1.86. The molecular formula is C14H20N3O3+. The van der Waals surface area contributed by atoms with Crippen molar-refractivity contribution in [3.05, 3.63) is 24.1 Å². The van der Waals surface area contributed by atoms with Gasteiger partial charge in [0.05, 0.1) is 20.8 Å². The summed E-state index contributed by atoms with van der Waals surface area (Å²) in [4.78, 5) is 4.38. The molecule has 2 aromatic rings. The number of nitrogens with zero attached hydrogens (tertiary/aromatic N) is 2. The van der Waals surface area contributed by atoms with Gasteiger partial charge in [0.1, 0.15) is 0 Å². The van der Waals surface area contributed by atoms with E-state index in [-0.39, 0.29) is 0 Å². The summed E-state index contributed by atoms with van der Waals surface area (Å²) < 4.78 is 15.7. The quantitative estimate of drug-likeness (QED) is 0.771. The number of hydrogen-bond acceptors (Lipinski definition) is 5. The van der Waals surface area contributed by atoms with E-state index in [2.05, 4.69) is 22.4 Å². The molecule has 0 saturated heterocycles. The first-order chi connectivity index (χ1) is 9.78. The van der Waals surface area contributed by atoms with Crippen LogP contribution in [0.3, 0.4) is 0 Å². The zero-order chi connectivity index (χ0) is 14.4. The van der Waals surface area contributed by atoms with E-state index in [0.717, 1.165) is 18.5 Å². The summed E-state index contributed by atoms with van der Waals surface area (Å²) >= 11 is 0. The second-order valence-electron chi connectivity index (χ2n) is 4.36. The Morgan fingerprint density at radius 1 is 1.20 bits per heavy atom. The van der Waals surface area contributed by atoms with Crippen LogP contribution in [0, 0.1) is 0 Å². The van der Waals surface area contributed by atoms with Crippen molar-refractivity contribution in [3.8, 4) is 22.9 Å². The van der Waals surface area contributed by atoms with Crippen LogP contribution in [0.2, 0.25) is 0 Å². The van der Waals surface area contributed by atoms with Crippen molar-refractivity contribution < 1.29 is 19.3 Å². The van der Waals surface area contributed by atoms with Crippen LogP contribution in [-0.2, 0) is 6.54 Å². The topological polar surface area (TPSA) is 74.0 Å². The molecule has 6 nitrogen and oxygen atoms in total. The van der Waals surface area contributed by atoms with Gasteiger partial charge in [-0.25, -0.2) is 0 Å². The second kappa shape index (κ2) is 6.91. The number of benzene rings is 1. The Kier molecular flexibility index (Phi) is 4.95. The minimum atomic E-state index is 0.561. The van der Waals surface area contributed by atoms with E-state index >= 15 is 0 Å². The predicted octanol–water partition coefficient (Wildman–Crippen LogP) is 1.23. The van der Waals surface area contributed by atoms with Crippen LogP contribution < -0.4 is 14.8 Å². The molecule has 0 fully saturated rings. The Hall–Kier alpha value is -2.08. The van der Waals surface area contributed by atoms with Gasteiger partial charge in [-0.05, 0) is 24.6 Å². The van der Waals surface area contributed by atoms with Crippen LogP contribution in [0.15, 0.2) is 22.7 Å². The highest BCUT2D eigenvalue weighted by Crippen LogP contribution is 2.31. The number of methoxy groups -OCH3 is 2. The third-order valence-electron chi connectivity index (χ3n) is 2.92. The molecule has 0 aliphatic heterocycles. The second-order valence-corrected chi connectivity index (χ2v) is 4.36. The highest BCUT2D eigenvalue weighted by atomic mass is 16.5. The molecule has 2 N–H and O–H groups in total. The smallest absolute Gasteiger partial charge is 0.282 e. The van der Waals surface area contributed by atoms with Gasteiger partial charge in [0, 0.05) is 5.56 Å². The molecule has 20 heavy (non-hydrogen) atoms. The third kappa shape index (κ3) is 3.27. The number of ether oxygens (including phenoxy) is 2. The van der Waals surface area contributed by atoms with Gasteiger partial charge in [0.15, 0.2) is 18.0 Å². The summed E-state index contributed by atoms with van der Waals surface area (Å²) in [5, 5.41) is 6.14. The van der Waals surface area contributed by atoms with Gasteiger partial charge >= 0.3 is 0 Å². The molecule has 0 atom stereocenters. The van der Waals surface area contributed by atoms with Crippen molar-refractivity contribution in [1.29, 1.82) is 0 Å². The van der Waals surface area contributed by atoms with Gasteiger partial charge in [-0.1, -0.05) is 12.1 Å². The largest absolute Gasteiger partial charge is 0.493 e. The summed E-state index contributed by atoms with van der Waals surface area (Å²) in [6.07, 6.45) is 1.12. The molecule has 0 aliphatic carbocycles. The van der Waals surface area contributed by atoms with E-state index in [0.29, 0.717) is 29.8 Å². The molecule has 1 heterocycles. The van der Waals surface area contributed by atoms with Gasteiger partial charge in [-0.2, -0.15) is 4.98 Å². The lowest BCUT2D eigenvalue weighted by atomic mass is 10.2. The summed E-state index contributed by atoms with van der Waals surface area (Å²) in [6.45, 7) is 3.89. The molecule has 2 rings (SSSR count). The average Bonchev–Trinajstić information content (AvgIpc) is 2.95. The number of aromatic nitrogens is 2. The fourth-order valence-corrected chi connectivity index (χ4v) is 1.86. The number of hydrogen-bond donors (Lipinski definition) is 1. The first-order valence-electron chi connectivity index (χ1n) is 6.65. The minimum absolute atomic E-state index is 0.561. The van der Waals surface area contributed by atoms with Gasteiger partial charge in [-0.3, -0.25) is 0 Å². The molecule has 0 aliphatic rings. The monoisotopic (exact) mass is 278 g/mol. The fraction of sp³-hybridized carbons (Fsp3) is 0.429. The Bertz CT molecular complexity index is 554. The van der Waals surface area contributed by atoms with Crippen LogP contribution in [-0.4, -0.2) is 30.9 Å². The van der Waals surface area contributed by atoms with E-state index in [1.807, 2.05) is 18.2 Å². The molecule has 0 bridgehead atoms. The Morgan fingerprint density at radius 3 is 2.70 bits per heavy atom. The molecular weight excluding hydrogens is 258 g/mol. The van der Waals surface area contributed by atoms with Crippen LogP contribution in [0.5, 0.6) is 11.5 Å². The number of rotatable bonds is 7. The van der Waals surface area contributed by atoms with Gasteiger partial charge in [-0.15, -0.1) is 0 Å². The predicted molar refractivity (Wildman–Crippen MR) is 73.6 cm³/mol. The van der Waals surface area contributed by atoms with Crippen molar-refractivity contribution in [2.75, 3.05) is 20.8 Å². The molecule has 0 radical (unpaired) electrons. The Balaban J connectivity index is 2.15. The summed E-state index contributed by atoms with van der Waals surface area (Å²) in [7, 11) is 3.20. The van der Waals surface area contributed by atoms with E-state index in [1.165, 1.54) is 0 Å². The maximum absolute atomic E-state index is 5.27. The molecule has 0 unspecified atom stereocenters. The van der Waals surface area contributed by atoms with E-state index in [9.17, 15) is 0 Å². The first kappa shape index (κ1) is 14.3. The SMILES string of the molecule is CCC[NH2+]Cc1nc(-c2ccc(OC)c(OC)c2)no1. The van der Waals surface area contributed by atoms with E-state index in [4.69, 9.17) is 14.0 Å². The molecule has 1 aromatic heterocycles. The van der Waals surface area contributed by atoms with Gasteiger partial charge < -0.3 is 19.3 Å². The maximum Gasteiger partial charge on any atom is 0.282 e. The van der Waals surface area contributed by atoms with Gasteiger partial charge in [0.2, 0.25) is 5.82 Å². The van der Waals surface area contributed by atoms with E-state index in [1.54, 1.807) is 14.2 Å². The number of nitrogens with two attached hydrogens (primary N) is 1. The zero-order valence-corrected chi connectivity index (χ0v) is 12.0. The number of quaternary nitrogens is 1. The van der Waals surface area contributed by atoms with Gasteiger partial charge in [0.25, 0.3) is 5.89 Å². The standard InChI is InChI=1S/C14H19N3O3/c1-4-7-15-9-13-16-14(17-20-13)10-5-6-11(18-2)12(8-10)19-3/h5-6,8,15H,4,7,9H2,1-3H3/p+1. The molecule has 0 spiro atoms. The molecule has 0 amide bonds. The molecule has 108 valence electrons. The third-order valence-corrected chi connectivity index (χ3v) is 2.92. The van der Waals surface area contributed by atoms with Crippen LogP contribution in [0.1, 0.15) is 19.2 Å². The summed E-state index contributed by atoms with van der Waals surface area (Å²) in [5.41, 5.74) is 0.841. The van der Waals surface area contributed by atoms with Crippen LogP contribution in [0.25, 0.3) is 11.4 Å². The molecule has 1 aromatic carbocycles. The summed E-state index contributed by atoms with van der Waals surface area (Å²) in [6, 6.07) is 5.54. The van der Waals surface area contributed by atoms with Crippen molar-refractivity contribution in [1.82, 2.24) is 10.1 Å². The lowest BCUT2D eigenvalue weighted by molar-refractivity contribution is -0.672. The summed E-state index contributed by atoms with van der Waals surface area (Å²) in [5.74, 6) is 2.51. The maximum atomic E-state index is 5.27. The van der Waals surface area contributed by atoms with Crippen molar-refractivity contribution in [2.24, 2.45) is 0 Å². The average molecular weight is 278 g/mol. The Labute approximate surface area is 118 Å². The highest BCUT2D eigenvalue weighted by Gasteiger charge is 2.12. The first-order valence-corrected chi connectivity index (χ1v) is 6.65. The molecule has 6 heteroatoms. The molecule has 0 saturated carbocycles. The minimum Gasteiger partial charge on any atom is -0.493 e. The normalized spacial score (nSPS) is 10.6. The van der Waals surface area contributed by atoms with Crippen molar-refractivity contribution in [2.45, 2.75) is 19.9 Å².